The molecule has 1 heterocycles. The molecule has 0 bridgehead atoms. The van der Waals surface area contributed by atoms with Crippen molar-refractivity contribution < 1.29 is 18.7 Å². The first-order valence-corrected chi connectivity index (χ1v) is 8.86. The zero-order valence-corrected chi connectivity index (χ0v) is 15.7. The molecule has 0 aliphatic rings. The van der Waals surface area contributed by atoms with Crippen LogP contribution in [-0.2, 0) is 11.2 Å². The van der Waals surface area contributed by atoms with E-state index in [4.69, 9.17) is 4.74 Å². The zero-order valence-electron chi connectivity index (χ0n) is 15.7. The quantitative estimate of drug-likeness (QED) is 0.597. The number of aromatic nitrogens is 2. The first-order chi connectivity index (χ1) is 14.1. The van der Waals surface area contributed by atoms with Gasteiger partial charge in [0.2, 0.25) is 5.95 Å². The highest BCUT2D eigenvalue weighted by Crippen LogP contribution is 2.17. The second kappa shape index (κ2) is 9.41. The second-order valence-corrected chi connectivity index (χ2v) is 6.09. The number of carbonyl (C=O) groups is 2. The highest BCUT2D eigenvalue weighted by atomic mass is 19.1. The Morgan fingerprint density at radius 1 is 1.03 bits per heavy atom. The van der Waals surface area contributed by atoms with Crippen molar-refractivity contribution in [2.24, 2.45) is 0 Å². The molecule has 0 aliphatic heterocycles. The van der Waals surface area contributed by atoms with E-state index in [1.807, 2.05) is 0 Å². The molecule has 0 saturated heterocycles. The van der Waals surface area contributed by atoms with Crippen molar-refractivity contribution in [3.8, 4) is 0 Å². The molecule has 29 heavy (non-hydrogen) atoms. The van der Waals surface area contributed by atoms with Gasteiger partial charge in [0.15, 0.2) is 0 Å². The fraction of sp³-hybridized carbons (Fsp3) is 0.143. The number of benzene rings is 2. The van der Waals surface area contributed by atoms with Crippen LogP contribution in [0.25, 0.3) is 0 Å². The van der Waals surface area contributed by atoms with Crippen LogP contribution in [0.15, 0.2) is 60.9 Å². The van der Waals surface area contributed by atoms with Gasteiger partial charge in [0.05, 0.1) is 23.9 Å². The maximum atomic E-state index is 12.9. The van der Waals surface area contributed by atoms with Crippen molar-refractivity contribution in [3.63, 3.8) is 0 Å². The molecule has 0 atom stereocenters. The number of carbonyl (C=O) groups excluding carboxylic acids is 2. The first kappa shape index (κ1) is 19.9. The SMILES string of the molecule is COC(=O)c1ccccc1NC(=O)c1cnc(NCCc2ccc(F)cc2)nc1. The summed E-state index contributed by atoms with van der Waals surface area (Å²) in [6.45, 7) is 0.559. The van der Waals surface area contributed by atoms with Gasteiger partial charge in [0.1, 0.15) is 5.82 Å². The molecule has 7 nitrogen and oxygen atoms in total. The fourth-order valence-electron chi connectivity index (χ4n) is 2.58. The van der Waals surface area contributed by atoms with Crippen molar-refractivity contribution in [3.05, 3.63) is 83.4 Å². The van der Waals surface area contributed by atoms with Gasteiger partial charge in [-0.15, -0.1) is 0 Å². The zero-order chi connectivity index (χ0) is 20.6. The third kappa shape index (κ3) is 5.35. The maximum absolute atomic E-state index is 12.9. The van der Waals surface area contributed by atoms with Gasteiger partial charge in [-0.25, -0.2) is 19.2 Å². The summed E-state index contributed by atoms with van der Waals surface area (Å²) in [6.07, 6.45) is 3.46. The van der Waals surface area contributed by atoms with Gasteiger partial charge >= 0.3 is 5.97 Å². The predicted octanol–water partition coefficient (Wildman–Crippen LogP) is 3.31. The Morgan fingerprint density at radius 2 is 1.72 bits per heavy atom. The van der Waals surface area contributed by atoms with Crippen LogP contribution < -0.4 is 10.6 Å². The maximum Gasteiger partial charge on any atom is 0.339 e. The third-order valence-corrected chi connectivity index (χ3v) is 4.10. The number of amides is 1. The molecule has 0 radical (unpaired) electrons. The van der Waals surface area contributed by atoms with Gasteiger partial charge < -0.3 is 15.4 Å². The predicted molar refractivity (Wildman–Crippen MR) is 106 cm³/mol. The average Bonchev–Trinajstić information content (AvgIpc) is 2.75. The number of para-hydroxylation sites is 1. The van der Waals surface area contributed by atoms with E-state index < -0.39 is 11.9 Å². The van der Waals surface area contributed by atoms with Gasteiger partial charge in [-0.1, -0.05) is 24.3 Å². The standard InChI is InChI=1S/C21H19FN4O3/c1-29-20(28)17-4-2-3-5-18(17)26-19(27)15-12-24-21(25-13-15)23-11-10-14-6-8-16(22)9-7-14/h2-9,12-13H,10-11H2,1H3,(H,26,27)(H,23,24,25). The molecule has 2 aromatic carbocycles. The third-order valence-electron chi connectivity index (χ3n) is 4.10. The Hall–Kier alpha value is -3.81. The smallest absolute Gasteiger partial charge is 0.339 e. The first-order valence-electron chi connectivity index (χ1n) is 8.86. The lowest BCUT2D eigenvalue weighted by atomic mass is 10.1. The summed E-state index contributed by atoms with van der Waals surface area (Å²) in [5, 5.41) is 5.71. The van der Waals surface area contributed by atoms with Gasteiger partial charge in [-0.3, -0.25) is 4.79 Å². The molecule has 0 saturated carbocycles. The molecule has 3 rings (SSSR count). The molecule has 8 heteroatoms. The Balaban J connectivity index is 1.58. The lowest BCUT2D eigenvalue weighted by Gasteiger charge is -2.10. The Kier molecular flexibility index (Phi) is 6.47. The minimum atomic E-state index is -0.544. The molecule has 148 valence electrons. The van der Waals surface area contributed by atoms with E-state index in [2.05, 4.69) is 20.6 Å². The molecule has 1 amide bonds. The minimum absolute atomic E-state index is 0.244. The van der Waals surface area contributed by atoms with Crippen LogP contribution in [0, 0.1) is 5.82 Å². The number of methoxy groups -OCH3 is 1. The lowest BCUT2D eigenvalue weighted by Crippen LogP contribution is -2.16. The molecule has 2 N–H and O–H groups in total. The number of anilines is 2. The van der Waals surface area contributed by atoms with Crippen LogP contribution in [0.1, 0.15) is 26.3 Å². The van der Waals surface area contributed by atoms with Crippen LogP contribution in [0.3, 0.4) is 0 Å². The van der Waals surface area contributed by atoms with Crippen molar-refractivity contribution in [1.82, 2.24) is 9.97 Å². The van der Waals surface area contributed by atoms with Crippen LogP contribution in [0.4, 0.5) is 16.0 Å². The Morgan fingerprint density at radius 3 is 2.41 bits per heavy atom. The summed E-state index contributed by atoms with van der Waals surface area (Å²) in [4.78, 5) is 32.5. The molecular formula is C21H19FN4O3. The number of nitrogens with zero attached hydrogens (tertiary/aromatic N) is 2. The molecule has 0 spiro atoms. The van der Waals surface area contributed by atoms with Gasteiger partial charge in [0, 0.05) is 18.9 Å². The van der Waals surface area contributed by atoms with Gasteiger partial charge in [0.25, 0.3) is 5.91 Å². The van der Waals surface area contributed by atoms with E-state index in [1.165, 1.54) is 31.6 Å². The van der Waals surface area contributed by atoms with Crippen molar-refractivity contribution in [2.75, 3.05) is 24.3 Å². The summed E-state index contributed by atoms with van der Waals surface area (Å²) >= 11 is 0. The van der Waals surface area contributed by atoms with Crippen LogP contribution in [0.5, 0.6) is 0 Å². The van der Waals surface area contributed by atoms with Crippen molar-refractivity contribution in [1.29, 1.82) is 0 Å². The normalized spacial score (nSPS) is 10.3. The van der Waals surface area contributed by atoms with E-state index in [0.717, 1.165) is 5.56 Å². The van der Waals surface area contributed by atoms with Crippen molar-refractivity contribution in [2.45, 2.75) is 6.42 Å². The van der Waals surface area contributed by atoms with Crippen molar-refractivity contribution >= 4 is 23.5 Å². The van der Waals surface area contributed by atoms with Crippen LogP contribution in [-0.4, -0.2) is 35.5 Å². The minimum Gasteiger partial charge on any atom is -0.465 e. The molecule has 0 aliphatic carbocycles. The van der Waals surface area contributed by atoms with Crippen LogP contribution in [0.2, 0.25) is 0 Å². The van der Waals surface area contributed by atoms with E-state index in [9.17, 15) is 14.0 Å². The molecule has 1 aromatic heterocycles. The van der Waals surface area contributed by atoms with E-state index in [-0.39, 0.29) is 16.9 Å². The molecule has 0 fully saturated rings. The number of rotatable bonds is 7. The summed E-state index contributed by atoms with van der Waals surface area (Å²) in [7, 11) is 1.27. The largest absolute Gasteiger partial charge is 0.465 e. The Bertz CT molecular complexity index is 992. The number of halogens is 1. The van der Waals surface area contributed by atoms with E-state index in [1.54, 1.807) is 36.4 Å². The topological polar surface area (TPSA) is 93.2 Å². The Labute approximate surface area is 167 Å². The number of hydrogen-bond donors (Lipinski definition) is 2. The number of ether oxygens (including phenoxy) is 1. The summed E-state index contributed by atoms with van der Waals surface area (Å²) in [6, 6.07) is 12.8. The van der Waals surface area contributed by atoms with E-state index in [0.29, 0.717) is 24.6 Å². The fourth-order valence-corrected chi connectivity index (χ4v) is 2.58. The molecule has 0 unspecified atom stereocenters. The van der Waals surface area contributed by atoms with Gasteiger partial charge in [-0.05, 0) is 36.2 Å². The number of hydrogen-bond acceptors (Lipinski definition) is 6. The van der Waals surface area contributed by atoms with E-state index >= 15 is 0 Å². The second-order valence-electron chi connectivity index (χ2n) is 6.09. The molecular weight excluding hydrogens is 375 g/mol. The van der Waals surface area contributed by atoms with Gasteiger partial charge in [-0.2, -0.15) is 0 Å². The summed E-state index contributed by atoms with van der Waals surface area (Å²) < 4.78 is 17.6. The summed E-state index contributed by atoms with van der Waals surface area (Å²) in [5.74, 6) is -0.885. The number of esters is 1. The molecule has 3 aromatic rings. The average molecular weight is 394 g/mol. The lowest BCUT2D eigenvalue weighted by molar-refractivity contribution is 0.0602. The summed E-state index contributed by atoms with van der Waals surface area (Å²) in [5.41, 5.74) is 1.82. The number of nitrogens with one attached hydrogen (secondary N) is 2. The van der Waals surface area contributed by atoms with Crippen LogP contribution >= 0.6 is 0 Å². The highest BCUT2D eigenvalue weighted by Gasteiger charge is 2.14. The monoisotopic (exact) mass is 394 g/mol. The highest BCUT2D eigenvalue weighted by molar-refractivity contribution is 6.07.